The fraction of sp³-hybridized carbons (Fsp3) is 0.500. The van der Waals surface area contributed by atoms with Crippen LogP contribution in [0.3, 0.4) is 0 Å². The van der Waals surface area contributed by atoms with Crippen molar-refractivity contribution < 1.29 is 5.11 Å². The van der Waals surface area contributed by atoms with E-state index in [-0.39, 0.29) is 6.04 Å². The van der Waals surface area contributed by atoms with Crippen LogP contribution in [0.2, 0.25) is 0 Å². The van der Waals surface area contributed by atoms with Crippen LogP contribution >= 0.6 is 0 Å². The van der Waals surface area contributed by atoms with Gasteiger partial charge in [-0.05, 0) is 25.5 Å². The lowest BCUT2D eigenvalue weighted by Crippen LogP contribution is -2.28. The number of aryl methyl sites for hydroxylation is 1. The van der Waals surface area contributed by atoms with Gasteiger partial charge < -0.3 is 10.8 Å². The normalized spacial score (nSPS) is 15.4. The van der Waals surface area contributed by atoms with Crippen molar-refractivity contribution in [3.63, 3.8) is 0 Å². The quantitative estimate of drug-likeness (QED) is 0.733. The standard InChI is InChI=1S/C10H16N2O/c1-3-8(11)10(13)9-6-4-5-7(2)12-9/h4-6,8,10,13H,3,11H2,1-2H3/t8-,10-/m0/s1. The minimum absolute atomic E-state index is 0.228. The number of nitrogens with two attached hydrogens (primary N) is 1. The summed E-state index contributed by atoms with van der Waals surface area (Å²) < 4.78 is 0. The lowest BCUT2D eigenvalue weighted by atomic mass is 10.1. The summed E-state index contributed by atoms with van der Waals surface area (Å²) in [7, 11) is 0. The molecule has 0 aliphatic rings. The maximum atomic E-state index is 9.73. The van der Waals surface area contributed by atoms with E-state index < -0.39 is 6.10 Å². The highest BCUT2D eigenvalue weighted by Gasteiger charge is 2.15. The Labute approximate surface area is 78.6 Å². The Balaban J connectivity index is 2.82. The Morgan fingerprint density at radius 3 is 2.77 bits per heavy atom. The average molecular weight is 180 g/mol. The summed E-state index contributed by atoms with van der Waals surface area (Å²) in [6.45, 7) is 3.84. The highest BCUT2D eigenvalue weighted by atomic mass is 16.3. The van der Waals surface area contributed by atoms with Gasteiger partial charge in [0.25, 0.3) is 0 Å². The van der Waals surface area contributed by atoms with Crippen molar-refractivity contribution in [1.29, 1.82) is 0 Å². The van der Waals surface area contributed by atoms with E-state index in [1.165, 1.54) is 0 Å². The summed E-state index contributed by atoms with van der Waals surface area (Å²) in [5, 5.41) is 9.73. The molecule has 0 aromatic carbocycles. The predicted octanol–water partition coefficient (Wildman–Crippen LogP) is 1.16. The van der Waals surface area contributed by atoms with Gasteiger partial charge in [0, 0.05) is 11.7 Å². The van der Waals surface area contributed by atoms with Gasteiger partial charge in [-0.3, -0.25) is 4.98 Å². The van der Waals surface area contributed by atoms with Gasteiger partial charge in [-0.25, -0.2) is 0 Å². The molecule has 1 aromatic heterocycles. The van der Waals surface area contributed by atoms with Crippen molar-refractivity contribution in [2.75, 3.05) is 0 Å². The van der Waals surface area contributed by atoms with E-state index in [2.05, 4.69) is 4.98 Å². The summed E-state index contributed by atoms with van der Waals surface area (Å²) in [6.07, 6.45) is 0.0986. The van der Waals surface area contributed by atoms with Crippen LogP contribution in [0.1, 0.15) is 30.8 Å². The van der Waals surface area contributed by atoms with Crippen LogP contribution in [-0.4, -0.2) is 16.1 Å². The smallest absolute Gasteiger partial charge is 0.111 e. The zero-order chi connectivity index (χ0) is 9.84. The van der Waals surface area contributed by atoms with Gasteiger partial charge in [-0.1, -0.05) is 13.0 Å². The number of hydrogen-bond acceptors (Lipinski definition) is 3. The van der Waals surface area contributed by atoms with Crippen LogP contribution in [0.4, 0.5) is 0 Å². The van der Waals surface area contributed by atoms with Gasteiger partial charge >= 0.3 is 0 Å². The molecule has 0 amide bonds. The van der Waals surface area contributed by atoms with Crippen LogP contribution < -0.4 is 5.73 Å². The first-order valence-electron chi connectivity index (χ1n) is 4.52. The number of hydrogen-bond donors (Lipinski definition) is 2. The first-order valence-corrected chi connectivity index (χ1v) is 4.52. The molecule has 0 bridgehead atoms. The topological polar surface area (TPSA) is 59.1 Å². The van der Waals surface area contributed by atoms with Crippen molar-refractivity contribution in [2.24, 2.45) is 5.73 Å². The molecule has 0 radical (unpaired) electrons. The molecule has 72 valence electrons. The Morgan fingerprint density at radius 1 is 1.54 bits per heavy atom. The molecule has 3 nitrogen and oxygen atoms in total. The number of nitrogens with zero attached hydrogens (tertiary/aromatic N) is 1. The second kappa shape index (κ2) is 4.35. The van der Waals surface area contributed by atoms with E-state index in [9.17, 15) is 5.11 Å². The van der Waals surface area contributed by atoms with E-state index in [0.717, 1.165) is 12.1 Å². The number of pyridine rings is 1. The van der Waals surface area contributed by atoms with Gasteiger partial charge in [0.05, 0.1) is 5.69 Å². The largest absolute Gasteiger partial charge is 0.385 e. The molecular formula is C10H16N2O. The minimum atomic E-state index is -0.648. The van der Waals surface area contributed by atoms with Gasteiger partial charge in [-0.15, -0.1) is 0 Å². The summed E-state index contributed by atoms with van der Waals surface area (Å²) in [5.41, 5.74) is 7.27. The van der Waals surface area contributed by atoms with Crippen LogP contribution in [0.5, 0.6) is 0 Å². The molecule has 0 spiro atoms. The number of aliphatic hydroxyl groups is 1. The third-order valence-corrected chi connectivity index (χ3v) is 2.09. The van der Waals surface area contributed by atoms with Gasteiger partial charge in [0.15, 0.2) is 0 Å². The maximum Gasteiger partial charge on any atom is 0.111 e. The highest BCUT2D eigenvalue weighted by molar-refractivity contribution is 5.13. The Bertz CT molecular complexity index is 275. The van der Waals surface area contributed by atoms with Crippen molar-refractivity contribution in [3.05, 3.63) is 29.6 Å². The summed E-state index contributed by atoms with van der Waals surface area (Å²) in [5.74, 6) is 0. The van der Waals surface area contributed by atoms with Gasteiger partial charge in [0.1, 0.15) is 6.10 Å². The lowest BCUT2D eigenvalue weighted by molar-refractivity contribution is 0.140. The lowest BCUT2D eigenvalue weighted by Gasteiger charge is -2.16. The number of aliphatic hydroxyl groups excluding tert-OH is 1. The van der Waals surface area contributed by atoms with Crippen molar-refractivity contribution >= 4 is 0 Å². The molecular weight excluding hydrogens is 164 g/mol. The molecule has 1 aromatic rings. The summed E-state index contributed by atoms with van der Waals surface area (Å²) >= 11 is 0. The predicted molar refractivity (Wildman–Crippen MR) is 52.2 cm³/mol. The Hall–Kier alpha value is -0.930. The molecule has 13 heavy (non-hydrogen) atoms. The maximum absolute atomic E-state index is 9.73. The third-order valence-electron chi connectivity index (χ3n) is 2.09. The molecule has 3 heteroatoms. The molecule has 2 atom stereocenters. The average Bonchev–Trinajstić information content (AvgIpc) is 2.15. The van der Waals surface area contributed by atoms with E-state index in [1.54, 1.807) is 6.07 Å². The molecule has 0 aliphatic heterocycles. The molecule has 0 fully saturated rings. The molecule has 3 N–H and O–H groups in total. The molecule has 0 saturated carbocycles. The van der Waals surface area contributed by atoms with Crippen LogP contribution in [-0.2, 0) is 0 Å². The van der Waals surface area contributed by atoms with Gasteiger partial charge in [0.2, 0.25) is 0 Å². The highest BCUT2D eigenvalue weighted by Crippen LogP contribution is 2.14. The van der Waals surface area contributed by atoms with E-state index >= 15 is 0 Å². The SMILES string of the molecule is CC[C@H](N)[C@H](O)c1cccc(C)n1. The molecule has 1 heterocycles. The van der Waals surface area contributed by atoms with Gasteiger partial charge in [-0.2, -0.15) is 0 Å². The summed E-state index contributed by atoms with van der Waals surface area (Å²) in [6, 6.07) is 5.35. The monoisotopic (exact) mass is 180 g/mol. The first kappa shape index (κ1) is 10.2. The molecule has 0 aliphatic carbocycles. The molecule has 1 rings (SSSR count). The van der Waals surface area contributed by atoms with Crippen LogP contribution in [0, 0.1) is 6.92 Å². The zero-order valence-corrected chi connectivity index (χ0v) is 8.07. The van der Waals surface area contributed by atoms with Crippen molar-refractivity contribution in [3.8, 4) is 0 Å². The van der Waals surface area contributed by atoms with Crippen molar-refractivity contribution in [2.45, 2.75) is 32.4 Å². The number of aromatic nitrogens is 1. The summed E-state index contributed by atoms with van der Waals surface area (Å²) in [4.78, 5) is 4.21. The Morgan fingerprint density at radius 2 is 2.23 bits per heavy atom. The van der Waals surface area contributed by atoms with E-state index in [0.29, 0.717) is 5.69 Å². The Kier molecular flexibility index (Phi) is 3.39. The number of rotatable bonds is 3. The first-order chi connectivity index (χ1) is 6.15. The van der Waals surface area contributed by atoms with Crippen LogP contribution in [0.25, 0.3) is 0 Å². The zero-order valence-electron chi connectivity index (χ0n) is 8.07. The minimum Gasteiger partial charge on any atom is -0.385 e. The second-order valence-electron chi connectivity index (χ2n) is 3.22. The van der Waals surface area contributed by atoms with E-state index in [1.807, 2.05) is 26.0 Å². The van der Waals surface area contributed by atoms with E-state index in [4.69, 9.17) is 5.73 Å². The van der Waals surface area contributed by atoms with Crippen molar-refractivity contribution in [1.82, 2.24) is 4.98 Å². The fourth-order valence-corrected chi connectivity index (χ4v) is 1.17. The molecule has 0 saturated heterocycles. The fourth-order valence-electron chi connectivity index (χ4n) is 1.17. The molecule has 0 unspecified atom stereocenters. The van der Waals surface area contributed by atoms with Crippen LogP contribution in [0.15, 0.2) is 18.2 Å². The third kappa shape index (κ3) is 2.50. The second-order valence-corrected chi connectivity index (χ2v) is 3.22.